The van der Waals surface area contributed by atoms with Crippen LogP contribution in [0.15, 0.2) is 18.2 Å². The SMILES string of the molecule is CC1CN(C)CCN1CC(N)c1ccc(F)cc1F. The molecule has 2 atom stereocenters. The van der Waals surface area contributed by atoms with Crippen molar-refractivity contribution < 1.29 is 8.78 Å². The van der Waals surface area contributed by atoms with E-state index in [1.165, 1.54) is 12.1 Å². The van der Waals surface area contributed by atoms with Gasteiger partial charge in [-0.1, -0.05) is 6.07 Å². The molecule has 2 N–H and O–H groups in total. The van der Waals surface area contributed by atoms with Gasteiger partial charge in [0.25, 0.3) is 0 Å². The van der Waals surface area contributed by atoms with Crippen LogP contribution in [-0.2, 0) is 0 Å². The van der Waals surface area contributed by atoms with E-state index in [9.17, 15) is 8.78 Å². The molecule has 2 unspecified atom stereocenters. The monoisotopic (exact) mass is 269 g/mol. The number of benzene rings is 1. The second-order valence-corrected chi connectivity index (χ2v) is 5.38. The lowest BCUT2D eigenvalue weighted by molar-refractivity contribution is 0.0942. The number of hydrogen-bond acceptors (Lipinski definition) is 3. The normalized spacial score (nSPS) is 23.5. The van der Waals surface area contributed by atoms with E-state index in [4.69, 9.17) is 5.73 Å². The van der Waals surface area contributed by atoms with Crippen LogP contribution in [0.1, 0.15) is 18.5 Å². The van der Waals surface area contributed by atoms with Crippen LogP contribution < -0.4 is 5.73 Å². The average molecular weight is 269 g/mol. The molecule has 1 heterocycles. The summed E-state index contributed by atoms with van der Waals surface area (Å²) >= 11 is 0. The van der Waals surface area contributed by atoms with E-state index in [0.717, 1.165) is 25.7 Å². The fourth-order valence-corrected chi connectivity index (χ4v) is 2.60. The maximum absolute atomic E-state index is 13.7. The number of piperazine rings is 1. The van der Waals surface area contributed by atoms with Crippen LogP contribution in [0.5, 0.6) is 0 Å². The highest BCUT2D eigenvalue weighted by Crippen LogP contribution is 2.19. The predicted molar refractivity (Wildman–Crippen MR) is 71.8 cm³/mol. The van der Waals surface area contributed by atoms with E-state index < -0.39 is 17.7 Å². The minimum atomic E-state index is -0.568. The third-order valence-corrected chi connectivity index (χ3v) is 3.76. The van der Waals surface area contributed by atoms with Crippen LogP contribution in [0.4, 0.5) is 8.78 Å². The molecule has 3 nitrogen and oxygen atoms in total. The van der Waals surface area contributed by atoms with Crippen molar-refractivity contribution in [3.8, 4) is 0 Å². The highest BCUT2D eigenvalue weighted by molar-refractivity contribution is 5.22. The second-order valence-electron chi connectivity index (χ2n) is 5.38. The largest absolute Gasteiger partial charge is 0.323 e. The van der Waals surface area contributed by atoms with Crippen LogP contribution in [0.3, 0.4) is 0 Å². The van der Waals surface area contributed by atoms with Crippen molar-refractivity contribution in [2.24, 2.45) is 5.73 Å². The van der Waals surface area contributed by atoms with Gasteiger partial charge in [-0.25, -0.2) is 8.78 Å². The zero-order valence-electron chi connectivity index (χ0n) is 11.4. The zero-order chi connectivity index (χ0) is 14.0. The Morgan fingerprint density at radius 1 is 1.37 bits per heavy atom. The van der Waals surface area contributed by atoms with Crippen LogP contribution in [0, 0.1) is 11.6 Å². The van der Waals surface area contributed by atoms with Gasteiger partial charge in [0.1, 0.15) is 11.6 Å². The quantitative estimate of drug-likeness (QED) is 0.904. The topological polar surface area (TPSA) is 32.5 Å². The van der Waals surface area contributed by atoms with Gasteiger partial charge in [-0.15, -0.1) is 0 Å². The first-order valence-electron chi connectivity index (χ1n) is 6.60. The molecular formula is C14H21F2N3. The summed E-state index contributed by atoms with van der Waals surface area (Å²) in [5, 5.41) is 0. The molecule has 0 bridgehead atoms. The number of likely N-dealkylation sites (N-methyl/N-ethyl adjacent to an activating group) is 1. The summed E-state index contributed by atoms with van der Waals surface area (Å²) < 4.78 is 26.5. The Balaban J connectivity index is 2.02. The summed E-state index contributed by atoms with van der Waals surface area (Å²) in [5.41, 5.74) is 6.44. The molecular weight excluding hydrogens is 248 g/mol. The van der Waals surface area contributed by atoms with Crippen LogP contribution in [-0.4, -0.2) is 49.1 Å². The molecule has 106 valence electrons. The van der Waals surface area contributed by atoms with Gasteiger partial charge in [0.15, 0.2) is 0 Å². The minimum absolute atomic E-state index is 0.382. The Labute approximate surface area is 113 Å². The molecule has 1 aromatic rings. The zero-order valence-corrected chi connectivity index (χ0v) is 11.4. The van der Waals surface area contributed by atoms with Gasteiger partial charge < -0.3 is 10.6 Å². The van der Waals surface area contributed by atoms with Gasteiger partial charge in [0.05, 0.1) is 0 Å². The predicted octanol–water partition coefficient (Wildman–Crippen LogP) is 1.60. The van der Waals surface area contributed by atoms with Crippen molar-refractivity contribution in [2.45, 2.75) is 19.0 Å². The number of rotatable bonds is 3. The Bertz CT molecular complexity index is 439. The molecule has 5 heteroatoms. The Kier molecular flexibility index (Phi) is 4.50. The third kappa shape index (κ3) is 3.49. The highest BCUT2D eigenvalue weighted by atomic mass is 19.1. The summed E-state index contributed by atoms with van der Waals surface area (Å²) in [7, 11) is 2.09. The molecule has 0 aliphatic carbocycles. The minimum Gasteiger partial charge on any atom is -0.323 e. The molecule has 1 fully saturated rings. The Morgan fingerprint density at radius 2 is 2.11 bits per heavy atom. The third-order valence-electron chi connectivity index (χ3n) is 3.76. The lowest BCUT2D eigenvalue weighted by Crippen LogP contribution is -2.52. The van der Waals surface area contributed by atoms with Crippen LogP contribution >= 0.6 is 0 Å². The molecule has 0 saturated carbocycles. The fourth-order valence-electron chi connectivity index (χ4n) is 2.60. The Hall–Kier alpha value is -1.04. The molecule has 0 spiro atoms. The van der Waals surface area contributed by atoms with Crippen LogP contribution in [0.25, 0.3) is 0 Å². The average Bonchev–Trinajstić information content (AvgIpc) is 2.32. The van der Waals surface area contributed by atoms with Crippen LogP contribution in [0.2, 0.25) is 0 Å². The van der Waals surface area contributed by atoms with Crippen molar-refractivity contribution in [2.75, 3.05) is 33.2 Å². The van der Waals surface area contributed by atoms with E-state index in [2.05, 4.69) is 23.8 Å². The van der Waals surface area contributed by atoms with E-state index in [1.54, 1.807) is 0 Å². The number of halogens is 2. The van der Waals surface area contributed by atoms with Gasteiger partial charge in [-0.05, 0) is 20.0 Å². The molecule has 0 aromatic heterocycles. The van der Waals surface area contributed by atoms with Crippen molar-refractivity contribution in [3.63, 3.8) is 0 Å². The highest BCUT2D eigenvalue weighted by Gasteiger charge is 2.24. The molecule has 0 radical (unpaired) electrons. The second kappa shape index (κ2) is 5.94. The van der Waals surface area contributed by atoms with E-state index >= 15 is 0 Å². The number of hydrogen-bond donors (Lipinski definition) is 1. The molecule has 1 saturated heterocycles. The summed E-state index contributed by atoms with van der Waals surface area (Å²) in [5.74, 6) is -1.13. The molecule has 1 aromatic carbocycles. The van der Waals surface area contributed by atoms with E-state index in [-0.39, 0.29) is 0 Å². The molecule has 2 rings (SSSR count). The van der Waals surface area contributed by atoms with Crippen molar-refractivity contribution >= 4 is 0 Å². The summed E-state index contributed by atoms with van der Waals surface area (Å²) in [4.78, 5) is 4.53. The first kappa shape index (κ1) is 14.4. The Morgan fingerprint density at radius 3 is 2.74 bits per heavy atom. The first-order valence-corrected chi connectivity index (χ1v) is 6.60. The van der Waals surface area contributed by atoms with Gasteiger partial charge in [-0.2, -0.15) is 0 Å². The maximum atomic E-state index is 13.7. The lowest BCUT2D eigenvalue weighted by Gasteiger charge is -2.39. The summed E-state index contributed by atoms with van der Waals surface area (Å²) in [6.07, 6.45) is 0. The van der Waals surface area contributed by atoms with Crippen molar-refractivity contribution in [1.29, 1.82) is 0 Å². The maximum Gasteiger partial charge on any atom is 0.130 e. The van der Waals surface area contributed by atoms with Crippen molar-refractivity contribution in [3.05, 3.63) is 35.4 Å². The number of nitrogens with two attached hydrogens (primary N) is 1. The molecule has 1 aliphatic heterocycles. The van der Waals surface area contributed by atoms with Gasteiger partial charge in [-0.3, -0.25) is 4.90 Å². The first-order chi connectivity index (χ1) is 8.97. The molecule has 0 amide bonds. The summed E-state index contributed by atoms with van der Waals surface area (Å²) in [6, 6.07) is 3.56. The molecule has 1 aliphatic rings. The van der Waals surface area contributed by atoms with Gasteiger partial charge >= 0.3 is 0 Å². The van der Waals surface area contributed by atoms with Crippen molar-refractivity contribution in [1.82, 2.24) is 9.80 Å². The molecule has 19 heavy (non-hydrogen) atoms. The fraction of sp³-hybridized carbons (Fsp3) is 0.571. The number of nitrogens with zero attached hydrogens (tertiary/aromatic N) is 2. The lowest BCUT2D eigenvalue weighted by atomic mass is 10.0. The van der Waals surface area contributed by atoms with E-state index in [1.807, 2.05) is 0 Å². The van der Waals surface area contributed by atoms with Gasteiger partial charge in [0, 0.05) is 49.9 Å². The summed E-state index contributed by atoms with van der Waals surface area (Å²) in [6.45, 7) is 5.64. The van der Waals surface area contributed by atoms with Gasteiger partial charge in [0.2, 0.25) is 0 Å². The smallest absolute Gasteiger partial charge is 0.130 e. The standard InChI is InChI=1S/C14H21F2N3/c1-10-8-18(2)5-6-19(10)9-14(17)12-4-3-11(15)7-13(12)16/h3-4,7,10,14H,5-6,8-9,17H2,1-2H3. The van der Waals surface area contributed by atoms with E-state index in [0.29, 0.717) is 18.2 Å².